The molecule has 2 rings (SSSR count). The van der Waals surface area contributed by atoms with E-state index < -0.39 is 0 Å². The van der Waals surface area contributed by atoms with E-state index in [2.05, 4.69) is 27.3 Å². The Hall–Kier alpha value is -1.17. The van der Waals surface area contributed by atoms with Crippen LogP contribution in [0.3, 0.4) is 0 Å². The maximum Gasteiger partial charge on any atom is 0.238 e. The Balaban J connectivity index is 1.82. The van der Waals surface area contributed by atoms with E-state index in [-0.39, 0.29) is 5.91 Å². The van der Waals surface area contributed by atoms with Crippen molar-refractivity contribution < 1.29 is 4.79 Å². The van der Waals surface area contributed by atoms with Gasteiger partial charge < -0.3 is 5.32 Å². The minimum Gasteiger partial charge on any atom is -0.325 e. The molecule has 0 unspecified atom stereocenters. The predicted molar refractivity (Wildman–Crippen MR) is 83.4 cm³/mol. The van der Waals surface area contributed by atoms with Gasteiger partial charge in [0.05, 0.1) is 10.3 Å². The summed E-state index contributed by atoms with van der Waals surface area (Å²) in [6.07, 6.45) is 0. The largest absolute Gasteiger partial charge is 0.325 e. The SMILES string of the molecule is CN(CC(=O)Nc1ccccc1)Cc1ccc(Br)s1. The van der Waals surface area contributed by atoms with Crippen LogP contribution in [0.25, 0.3) is 0 Å². The highest BCUT2D eigenvalue weighted by Gasteiger charge is 2.08. The standard InChI is InChI=1S/C14H15BrN2OS/c1-17(9-12-7-8-13(15)19-12)10-14(18)16-11-5-3-2-4-6-11/h2-8H,9-10H2,1H3,(H,16,18). The van der Waals surface area contributed by atoms with Crippen LogP contribution < -0.4 is 5.32 Å². The number of rotatable bonds is 5. The smallest absolute Gasteiger partial charge is 0.238 e. The topological polar surface area (TPSA) is 32.3 Å². The Morgan fingerprint density at radius 3 is 2.63 bits per heavy atom. The summed E-state index contributed by atoms with van der Waals surface area (Å²) < 4.78 is 1.12. The summed E-state index contributed by atoms with van der Waals surface area (Å²) in [5.41, 5.74) is 0.833. The van der Waals surface area contributed by atoms with Crippen LogP contribution >= 0.6 is 27.3 Å². The van der Waals surface area contributed by atoms with Gasteiger partial charge in [-0.05, 0) is 47.2 Å². The highest BCUT2D eigenvalue weighted by molar-refractivity contribution is 9.11. The van der Waals surface area contributed by atoms with Gasteiger partial charge in [0.2, 0.25) is 5.91 Å². The average molecular weight is 339 g/mol. The highest BCUT2D eigenvalue weighted by atomic mass is 79.9. The minimum absolute atomic E-state index is 0.00400. The maximum atomic E-state index is 11.9. The predicted octanol–water partition coefficient (Wildman–Crippen LogP) is 3.58. The molecule has 1 aromatic carbocycles. The zero-order valence-corrected chi connectivity index (χ0v) is 13.0. The van der Waals surface area contributed by atoms with Gasteiger partial charge in [0.15, 0.2) is 0 Å². The van der Waals surface area contributed by atoms with Gasteiger partial charge in [-0.2, -0.15) is 0 Å². The Bertz CT molecular complexity index is 541. The number of halogens is 1. The van der Waals surface area contributed by atoms with Crippen LogP contribution in [0.1, 0.15) is 4.88 Å². The molecule has 2 aromatic rings. The molecular formula is C14H15BrN2OS. The lowest BCUT2D eigenvalue weighted by Gasteiger charge is -2.15. The summed E-state index contributed by atoms with van der Waals surface area (Å²) in [4.78, 5) is 15.1. The van der Waals surface area contributed by atoms with E-state index in [4.69, 9.17) is 0 Å². The fourth-order valence-corrected chi connectivity index (χ4v) is 3.29. The fourth-order valence-electron chi connectivity index (χ4n) is 1.73. The molecule has 0 aliphatic rings. The number of amides is 1. The van der Waals surface area contributed by atoms with E-state index in [1.54, 1.807) is 11.3 Å². The second-order valence-corrected chi connectivity index (χ2v) is 6.84. The molecule has 19 heavy (non-hydrogen) atoms. The van der Waals surface area contributed by atoms with Crippen molar-refractivity contribution >= 4 is 38.9 Å². The average Bonchev–Trinajstić information content (AvgIpc) is 2.75. The Kier molecular flexibility index (Phi) is 5.13. The number of likely N-dealkylation sites (N-methyl/N-ethyl adjacent to an activating group) is 1. The quantitative estimate of drug-likeness (QED) is 0.903. The molecule has 1 aromatic heterocycles. The van der Waals surface area contributed by atoms with E-state index in [1.165, 1.54) is 4.88 Å². The van der Waals surface area contributed by atoms with Crippen molar-refractivity contribution in [2.75, 3.05) is 18.9 Å². The van der Waals surface area contributed by atoms with Crippen LogP contribution in [-0.2, 0) is 11.3 Å². The van der Waals surface area contributed by atoms with E-state index >= 15 is 0 Å². The third kappa shape index (κ3) is 4.78. The maximum absolute atomic E-state index is 11.9. The number of thiophene rings is 1. The number of carbonyl (C=O) groups excluding carboxylic acids is 1. The summed E-state index contributed by atoms with van der Waals surface area (Å²) in [6.45, 7) is 1.16. The normalized spacial score (nSPS) is 10.7. The molecule has 1 amide bonds. The van der Waals surface area contributed by atoms with Crippen molar-refractivity contribution in [2.45, 2.75) is 6.54 Å². The van der Waals surface area contributed by atoms with Gasteiger partial charge in [-0.3, -0.25) is 9.69 Å². The molecule has 0 spiro atoms. The number of benzene rings is 1. The molecule has 5 heteroatoms. The summed E-state index contributed by atoms with van der Waals surface area (Å²) in [5, 5.41) is 2.88. The number of anilines is 1. The van der Waals surface area contributed by atoms with Crippen molar-refractivity contribution in [3.63, 3.8) is 0 Å². The van der Waals surface area contributed by atoms with E-state index in [1.807, 2.05) is 48.3 Å². The van der Waals surface area contributed by atoms with E-state index in [0.717, 1.165) is 16.0 Å². The molecule has 0 bridgehead atoms. The van der Waals surface area contributed by atoms with Crippen molar-refractivity contribution in [3.05, 3.63) is 51.1 Å². The van der Waals surface area contributed by atoms with Crippen LogP contribution in [0.5, 0.6) is 0 Å². The molecule has 0 aliphatic carbocycles. The van der Waals surface area contributed by atoms with E-state index in [9.17, 15) is 4.79 Å². The first-order valence-corrected chi connectivity index (χ1v) is 7.52. The lowest BCUT2D eigenvalue weighted by molar-refractivity contribution is -0.117. The molecule has 0 saturated heterocycles. The number of hydrogen-bond donors (Lipinski definition) is 1. The Labute approximate surface area is 125 Å². The summed E-state index contributed by atoms with van der Waals surface area (Å²) in [7, 11) is 1.94. The van der Waals surface area contributed by atoms with Crippen molar-refractivity contribution in [1.29, 1.82) is 0 Å². The summed E-state index contributed by atoms with van der Waals surface area (Å²) in [6, 6.07) is 13.6. The number of hydrogen-bond acceptors (Lipinski definition) is 3. The Morgan fingerprint density at radius 1 is 1.26 bits per heavy atom. The zero-order chi connectivity index (χ0) is 13.7. The van der Waals surface area contributed by atoms with Gasteiger partial charge in [-0.25, -0.2) is 0 Å². The summed E-state index contributed by atoms with van der Waals surface area (Å²) in [5.74, 6) is 0.00400. The molecule has 1 heterocycles. The number of nitrogens with one attached hydrogen (secondary N) is 1. The fraction of sp³-hybridized carbons (Fsp3) is 0.214. The first-order valence-electron chi connectivity index (χ1n) is 5.91. The van der Waals surface area contributed by atoms with Gasteiger partial charge >= 0.3 is 0 Å². The molecule has 3 nitrogen and oxygen atoms in total. The zero-order valence-electron chi connectivity index (χ0n) is 10.6. The van der Waals surface area contributed by atoms with Crippen molar-refractivity contribution in [1.82, 2.24) is 4.90 Å². The van der Waals surface area contributed by atoms with Crippen molar-refractivity contribution in [3.8, 4) is 0 Å². The van der Waals surface area contributed by atoms with Crippen LogP contribution in [0.4, 0.5) is 5.69 Å². The van der Waals surface area contributed by atoms with Gasteiger partial charge in [0.25, 0.3) is 0 Å². The molecular weight excluding hydrogens is 324 g/mol. The minimum atomic E-state index is 0.00400. The lowest BCUT2D eigenvalue weighted by Crippen LogP contribution is -2.29. The molecule has 1 N–H and O–H groups in total. The molecule has 0 aliphatic heterocycles. The van der Waals surface area contributed by atoms with Crippen molar-refractivity contribution in [2.24, 2.45) is 0 Å². The first kappa shape index (κ1) is 14.2. The molecule has 0 fully saturated rings. The molecule has 0 saturated carbocycles. The number of para-hydroxylation sites is 1. The van der Waals surface area contributed by atoms with Crippen LogP contribution in [-0.4, -0.2) is 24.4 Å². The second-order valence-electron chi connectivity index (χ2n) is 4.29. The van der Waals surface area contributed by atoms with E-state index in [0.29, 0.717) is 6.54 Å². The van der Waals surface area contributed by atoms with Gasteiger partial charge in [-0.15, -0.1) is 11.3 Å². The number of nitrogens with zero attached hydrogens (tertiary/aromatic N) is 1. The third-order valence-electron chi connectivity index (χ3n) is 2.53. The van der Waals surface area contributed by atoms with Gasteiger partial charge in [-0.1, -0.05) is 18.2 Å². The summed E-state index contributed by atoms with van der Waals surface area (Å²) >= 11 is 5.13. The monoisotopic (exact) mass is 338 g/mol. The first-order chi connectivity index (χ1) is 9.13. The third-order valence-corrected chi connectivity index (χ3v) is 4.13. The highest BCUT2D eigenvalue weighted by Crippen LogP contribution is 2.22. The Morgan fingerprint density at radius 2 is 2.00 bits per heavy atom. The molecule has 0 radical (unpaired) electrons. The van der Waals surface area contributed by atoms with Crippen LogP contribution in [0, 0.1) is 0 Å². The molecule has 100 valence electrons. The molecule has 0 atom stereocenters. The van der Waals surface area contributed by atoms with Crippen LogP contribution in [0.2, 0.25) is 0 Å². The second kappa shape index (κ2) is 6.84. The lowest BCUT2D eigenvalue weighted by atomic mass is 10.3. The van der Waals surface area contributed by atoms with Gasteiger partial charge in [0.1, 0.15) is 0 Å². The van der Waals surface area contributed by atoms with Gasteiger partial charge in [0, 0.05) is 17.1 Å². The van der Waals surface area contributed by atoms with Crippen LogP contribution in [0.15, 0.2) is 46.3 Å². The number of carbonyl (C=O) groups is 1.